The lowest BCUT2D eigenvalue weighted by Gasteiger charge is -2.39. The van der Waals surface area contributed by atoms with Gasteiger partial charge >= 0.3 is 0 Å². The molecule has 0 saturated heterocycles. The van der Waals surface area contributed by atoms with Crippen LogP contribution in [0.1, 0.15) is 40.5 Å². The number of amides is 2. The van der Waals surface area contributed by atoms with Crippen LogP contribution in [0.25, 0.3) is 0 Å². The normalized spacial score (nSPS) is 20.5. The molecule has 0 aromatic heterocycles. The highest BCUT2D eigenvalue weighted by Crippen LogP contribution is 2.18. The minimum Gasteiger partial charge on any atom is -0.346 e. The summed E-state index contributed by atoms with van der Waals surface area (Å²) < 4.78 is 0.786. The molecule has 6 heteroatoms. The van der Waals surface area contributed by atoms with Crippen LogP contribution in [0.3, 0.4) is 0 Å². The molecule has 1 rings (SSSR count). The van der Waals surface area contributed by atoms with Gasteiger partial charge in [-0.1, -0.05) is 25.3 Å². The van der Waals surface area contributed by atoms with Crippen molar-refractivity contribution in [3.8, 4) is 12.3 Å². The number of carbonyl (C=O) groups excluding carboxylic acids is 2. The van der Waals surface area contributed by atoms with Crippen molar-refractivity contribution in [3.63, 3.8) is 0 Å². The maximum atomic E-state index is 12.6. The van der Waals surface area contributed by atoms with Gasteiger partial charge in [0.2, 0.25) is 0 Å². The van der Waals surface area contributed by atoms with E-state index in [0.717, 1.165) is 29.4 Å². The minimum absolute atomic E-state index is 0.00814. The van der Waals surface area contributed by atoms with Crippen LogP contribution in [0.15, 0.2) is 33.9 Å². The predicted octanol–water partition coefficient (Wildman–Crippen LogP) is 3.15. The van der Waals surface area contributed by atoms with E-state index in [9.17, 15) is 9.59 Å². The number of hydrogen-bond acceptors (Lipinski definition) is 3. The van der Waals surface area contributed by atoms with E-state index in [0.29, 0.717) is 0 Å². The first kappa shape index (κ1) is 22.2. The van der Waals surface area contributed by atoms with Crippen LogP contribution in [0.2, 0.25) is 0 Å². The largest absolute Gasteiger partial charge is 0.346 e. The van der Waals surface area contributed by atoms with Crippen LogP contribution in [0.5, 0.6) is 0 Å². The van der Waals surface area contributed by atoms with Gasteiger partial charge in [0.05, 0.1) is 0 Å². The molecule has 1 aliphatic heterocycles. The molecule has 0 aliphatic carbocycles. The molecule has 0 aromatic carbocycles. The first-order valence-electron chi connectivity index (χ1n) is 8.81. The van der Waals surface area contributed by atoms with Crippen molar-refractivity contribution in [2.75, 3.05) is 13.6 Å². The lowest BCUT2D eigenvalue weighted by atomic mass is 10.1. The van der Waals surface area contributed by atoms with Gasteiger partial charge in [0.15, 0.2) is 0 Å². The SMILES string of the molecule is C#C/C(C)=C(Br)/C=C\C(C)NC(=O)C1=CC(C)N(CCCC)N(C)C1=O. The van der Waals surface area contributed by atoms with Crippen molar-refractivity contribution in [2.24, 2.45) is 0 Å². The number of nitrogens with zero attached hydrogens (tertiary/aromatic N) is 2. The number of hydrazine groups is 1. The van der Waals surface area contributed by atoms with Gasteiger partial charge in [0, 0.05) is 35.7 Å². The van der Waals surface area contributed by atoms with E-state index in [-0.39, 0.29) is 29.5 Å². The number of hydrogen-bond donors (Lipinski definition) is 1. The average Bonchev–Trinajstić information content (AvgIpc) is 2.61. The smallest absolute Gasteiger partial charge is 0.273 e. The number of likely N-dealkylation sites (N-methyl/N-ethyl adjacent to an activating group) is 1. The van der Waals surface area contributed by atoms with Crippen molar-refractivity contribution in [1.82, 2.24) is 15.3 Å². The molecule has 0 aromatic rings. The molecule has 26 heavy (non-hydrogen) atoms. The van der Waals surface area contributed by atoms with Crippen LogP contribution in [0, 0.1) is 12.3 Å². The Balaban J connectivity index is 2.82. The third kappa shape index (κ3) is 5.86. The lowest BCUT2D eigenvalue weighted by Crippen LogP contribution is -2.54. The summed E-state index contributed by atoms with van der Waals surface area (Å²) in [6, 6.07) is -0.251. The number of rotatable bonds is 7. The standard InChI is InChI=1S/C20H28BrN3O2/c1-7-9-12-24-16(5)13-17(20(26)23(24)6)19(25)22-15(4)10-11-18(21)14(3)8-2/h2,10-11,13,15-16H,7,9,12H2,1,3-6H3,(H,22,25)/b11-10-,18-14-. The van der Waals surface area contributed by atoms with Gasteiger partial charge < -0.3 is 5.32 Å². The van der Waals surface area contributed by atoms with Gasteiger partial charge in [-0.2, -0.15) is 0 Å². The maximum Gasteiger partial charge on any atom is 0.273 e. The molecule has 2 unspecified atom stereocenters. The summed E-state index contributed by atoms with van der Waals surface area (Å²) in [6.07, 6.45) is 12.8. The second-order valence-corrected chi connectivity index (χ2v) is 7.26. The Labute approximate surface area is 165 Å². The molecule has 1 heterocycles. The summed E-state index contributed by atoms with van der Waals surface area (Å²) in [4.78, 5) is 25.1. The Kier molecular flexibility index (Phi) is 8.83. The molecule has 0 fully saturated rings. The van der Waals surface area contributed by atoms with Crippen molar-refractivity contribution >= 4 is 27.7 Å². The Morgan fingerprint density at radius 3 is 2.77 bits per heavy atom. The predicted molar refractivity (Wildman–Crippen MR) is 109 cm³/mol. The number of nitrogens with one attached hydrogen (secondary N) is 1. The van der Waals surface area contributed by atoms with Crippen LogP contribution in [-0.2, 0) is 9.59 Å². The summed E-state index contributed by atoms with van der Waals surface area (Å²) in [6.45, 7) is 8.55. The van der Waals surface area contributed by atoms with Gasteiger partial charge in [-0.05, 0) is 55.3 Å². The Morgan fingerprint density at radius 2 is 2.19 bits per heavy atom. The third-order valence-corrected chi connectivity index (χ3v) is 5.10. The van der Waals surface area contributed by atoms with E-state index in [1.54, 1.807) is 24.2 Å². The average molecular weight is 422 g/mol. The summed E-state index contributed by atoms with van der Waals surface area (Å²) in [5.41, 5.74) is 0.954. The van der Waals surface area contributed by atoms with Crippen molar-refractivity contribution in [1.29, 1.82) is 0 Å². The quantitative estimate of drug-likeness (QED) is 0.390. The molecule has 5 nitrogen and oxygen atoms in total. The topological polar surface area (TPSA) is 52.7 Å². The van der Waals surface area contributed by atoms with Crippen LogP contribution >= 0.6 is 15.9 Å². The fraction of sp³-hybridized carbons (Fsp3) is 0.500. The van der Waals surface area contributed by atoms with E-state index in [1.165, 1.54) is 0 Å². The van der Waals surface area contributed by atoms with Crippen LogP contribution in [-0.4, -0.2) is 47.5 Å². The van der Waals surface area contributed by atoms with Gasteiger partial charge in [0.1, 0.15) is 5.57 Å². The third-order valence-electron chi connectivity index (χ3n) is 4.24. The fourth-order valence-electron chi connectivity index (χ4n) is 2.56. The summed E-state index contributed by atoms with van der Waals surface area (Å²) in [5, 5.41) is 6.37. The van der Waals surface area contributed by atoms with E-state index >= 15 is 0 Å². The highest BCUT2D eigenvalue weighted by Gasteiger charge is 2.33. The maximum absolute atomic E-state index is 12.6. The second-order valence-electron chi connectivity index (χ2n) is 6.40. The van der Waals surface area contributed by atoms with E-state index < -0.39 is 0 Å². The number of terminal acetylenes is 1. The number of halogens is 1. The monoisotopic (exact) mass is 421 g/mol. The Bertz CT molecular complexity index is 673. The number of unbranched alkanes of at least 4 members (excludes halogenated alkanes) is 1. The molecule has 0 spiro atoms. The van der Waals surface area contributed by atoms with Gasteiger partial charge in [-0.3, -0.25) is 14.6 Å². The van der Waals surface area contributed by atoms with Crippen molar-refractivity contribution < 1.29 is 9.59 Å². The Hall–Kier alpha value is -1.84. The molecule has 2 amide bonds. The zero-order chi connectivity index (χ0) is 19.9. The number of allylic oxidation sites excluding steroid dienone is 3. The van der Waals surface area contributed by atoms with Gasteiger partial charge in [0.25, 0.3) is 11.8 Å². The van der Waals surface area contributed by atoms with Crippen LogP contribution < -0.4 is 5.32 Å². The molecule has 0 bridgehead atoms. The van der Waals surface area contributed by atoms with E-state index in [1.807, 2.05) is 31.9 Å². The first-order chi connectivity index (χ1) is 12.2. The van der Waals surface area contributed by atoms with Gasteiger partial charge in [-0.15, -0.1) is 6.42 Å². The molecular weight excluding hydrogens is 394 g/mol. The molecule has 142 valence electrons. The zero-order valence-corrected chi connectivity index (χ0v) is 17.8. The summed E-state index contributed by atoms with van der Waals surface area (Å²) in [5.74, 6) is 1.90. The molecule has 0 radical (unpaired) electrons. The minimum atomic E-state index is -0.366. The Morgan fingerprint density at radius 1 is 1.54 bits per heavy atom. The molecule has 2 atom stereocenters. The molecule has 1 N–H and O–H groups in total. The lowest BCUT2D eigenvalue weighted by molar-refractivity contribution is -0.147. The molecule has 1 aliphatic rings. The van der Waals surface area contributed by atoms with Gasteiger partial charge in [-0.25, -0.2) is 5.01 Å². The zero-order valence-electron chi connectivity index (χ0n) is 16.2. The fourth-order valence-corrected chi connectivity index (χ4v) is 2.83. The summed E-state index contributed by atoms with van der Waals surface area (Å²) in [7, 11) is 1.71. The highest BCUT2D eigenvalue weighted by atomic mass is 79.9. The number of carbonyl (C=O) groups is 2. The van der Waals surface area contributed by atoms with E-state index in [4.69, 9.17) is 6.42 Å². The molecule has 0 saturated carbocycles. The van der Waals surface area contributed by atoms with Crippen molar-refractivity contribution in [3.05, 3.63) is 33.9 Å². The van der Waals surface area contributed by atoms with E-state index in [2.05, 4.69) is 34.1 Å². The molecular formula is C20H28BrN3O2. The first-order valence-corrected chi connectivity index (χ1v) is 9.60. The van der Waals surface area contributed by atoms with Crippen molar-refractivity contribution in [2.45, 2.75) is 52.6 Å². The summed E-state index contributed by atoms with van der Waals surface area (Å²) >= 11 is 3.39. The van der Waals surface area contributed by atoms with Crippen LogP contribution in [0.4, 0.5) is 0 Å². The highest BCUT2D eigenvalue weighted by molar-refractivity contribution is 9.11. The second kappa shape index (κ2) is 10.3.